The number of fused-ring (bicyclic) bond motifs is 2. The quantitative estimate of drug-likeness (QED) is 0.770. The molecule has 3 aromatic rings. The molecule has 0 bridgehead atoms. The van der Waals surface area contributed by atoms with Gasteiger partial charge in [0.25, 0.3) is 5.91 Å². The van der Waals surface area contributed by atoms with Crippen molar-refractivity contribution in [3.05, 3.63) is 70.7 Å². The Bertz CT molecular complexity index is 965. The minimum atomic E-state index is -0.0650. The summed E-state index contributed by atoms with van der Waals surface area (Å²) in [6, 6.07) is 14.2. The third-order valence-corrected chi connectivity index (χ3v) is 4.95. The molecule has 126 valence electrons. The van der Waals surface area contributed by atoms with Gasteiger partial charge < -0.3 is 5.32 Å². The summed E-state index contributed by atoms with van der Waals surface area (Å²) in [5.74, 6) is 0.623. The molecule has 1 heterocycles. The van der Waals surface area contributed by atoms with E-state index in [-0.39, 0.29) is 11.9 Å². The fourth-order valence-electron chi connectivity index (χ4n) is 3.77. The number of carbonyl (C=O) groups is 1. The van der Waals surface area contributed by atoms with Crippen LogP contribution < -0.4 is 5.32 Å². The molecule has 4 rings (SSSR count). The van der Waals surface area contributed by atoms with E-state index in [2.05, 4.69) is 33.5 Å². The molecular formula is C21H21N3O. The minimum Gasteiger partial charge on any atom is -0.345 e. The highest BCUT2D eigenvalue weighted by atomic mass is 16.1. The van der Waals surface area contributed by atoms with E-state index in [9.17, 15) is 4.79 Å². The summed E-state index contributed by atoms with van der Waals surface area (Å²) in [5, 5.41) is 4.16. The predicted octanol–water partition coefficient (Wildman–Crippen LogP) is 4.05. The highest BCUT2D eigenvalue weighted by Crippen LogP contribution is 2.30. The van der Waals surface area contributed by atoms with Crippen molar-refractivity contribution in [2.45, 2.75) is 39.2 Å². The summed E-state index contributed by atoms with van der Waals surface area (Å²) in [7, 11) is 0. The van der Waals surface area contributed by atoms with E-state index in [4.69, 9.17) is 0 Å². The zero-order chi connectivity index (χ0) is 17.4. The number of amides is 1. The lowest BCUT2D eigenvalue weighted by Crippen LogP contribution is -2.31. The maximum Gasteiger partial charge on any atom is 0.253 e. The highest BCUT2D eigenvalue weighted by Gasteiger charge is 2.23. The van der Waals surface area contributed by atoms with Gasteiger partial charge in [0.05, 0.1) is 17.1 Å². The molecule has 25 heavy (non-hydrogen) atoms. The molecule has 1 unspecified atom stereocenters. The number of carbonyl (C=O) groups excluding carboxylic acids is 1. The van der Waals surface area contributed by atoms with Crippen LogP contribution in [-0.4, -0.2) is 15.9 Å². The average molecular weight is 331 g/mol. The lowest BCUT2D eigenvalue weighted by Gasteiger charge is -2.26. The molecule has 1 aliphatic rings. The number of nitrogens with one attached hydrogen (secondary N) is 1. The summed E-state index contributed by atoms with van der Waals surface area (Å²) < 4.78 is 0. The largest absolute Gasteiger partial charge is 0.345 e. The Morgan fingerprint density at radius 3 is 2.80 bits per heavy atom. The van der Waals surface area contributed by atoms with Gasteiger partial charge in [0.2, 0.25) is 0 Å². The van der Waals surface area contributed by atoms with Crippen LogP contribution in [0.25, 0.3) is 10.9 Å². The lowest BCUT2D eigenvalue weighted by atomic mass is 9.87. The third kappa shape index (κ3) is 2.88. The standard InChI is InChI=1S/C21H21N3O/c1-13-16-10-6-11-18(20(16)23-14(2)22-13)21(25)24-19-12-5-8-15-7-3-4-9-17(15)19/h3-4,6-7,9-11,19H,5,8,12H2,1-2H3,(H,24,25). The molecule has 1 aliphatic carbocycles. The van der Waals surface area contributed by atoms with E-state index in [1.54, 1.807) is 0 Å². The molecule has 0 aliphatic heterocycles. The summed E-state index contributed by atoms with van der Waals surface area (Å²) in [4.78, 5) is 21.9. The van der Waals surface area contributed by atoms with Gasteiger partial charge in [-0.15, -0.1) is 0 Å². The highest BCUT2D eigenvalue weighted by molar-refractivity contribution is 6.06. The van der Waals surface area contributed by atoms with Crippen LogP contribution in [0.3, 0.4) is 0 Å². The number of aromatic nitrogens is 2. The van der Waals surface area contributed by atoms with Gasteiger partial charge in [0.1, 0.15) is 5.82 Å². The fourth-order valence-corrected chi connectivity index (χ4v) is 3.77. The second-order valence-electron chi connectivity index (χ2n) is 6.68. The maximum atomic E-state index is 13.0. The first-order chi connectivity index (χ1) is 12.1. The van der Waals surface area contributed by atoms with Crippen LogP contribution in [0, 0.1) is 13.8 Å². The van der Waals surface area contributed by atoms with Crippen molar-refractivity contribution < 1.29 is 4.79 Å². The van der Waals surface area contributed by atoms with Crippen LogP contribution in [0.5, 0.6) is 0 Å². The lowest BCUT2D eigenvalue weighted by molar-refractivity contribution is 0.0934. The minimum absolute atomic E-state index is 0.0650. The van der Waals surface area contributed by atoms with Crippen LogP contribution in [-0.2, 0) is 6.42 Å². The van der Waals surface area contributed by atoms with Crippen LogP contribution in [0.15, 0.2) is 42.5 Å². The Morgan fingerprint density at radius 1 is 1.08 bits per heavy atom. The normalized spacial score (nSPS) is 16.5. The van der Waals surface area contributed by atoms with Crippen molar-refractivity contribution >= 4 is 16.8 Å². The molecule has 0 fully saturated rings. The average Bonchev–Trinajstić information content (AvgIpc) is 2.61. The molecular weight excluding hydrogens is 310 g/mol. The first-order valence-electron chi connectivity index (χ1n) is 8.76. The fraction of sp³-hybridized carbons (Fsp3) is 0.286. The molecule has 1 atom stereocenters. The van der Waals surface area contributed by atoms with Crippen molar-refractivity contribution in [2.24, 2.45) is 0 Å². The van der Waals surface area contributed by atoms with Crippen molar-refractivity contribution in [1.82, 2.24) is 15.3 Å². The van der Waals surface area contributed by atoms with E-state index in [1.165, 1.54) is 11.1 Å². The molecule has 4 heteroatoms. The van der Waals surface area contributed by atoms with Gasteiger partial charge in [-0.1, -0.05) is 36.4 Å². The first-order valence-corrected chi connectivity index (χ1v) is 8.76. The van der Waals surface area contributed by atoms with Crippen LogP contribution in [0.2, 0.25) is 0 Å². The monoisotopic (exact) mass is 331 g/mol. The van der Waals surface area contributed by atoms with Crippen LogP contribution in [0.4, 0.5) is 0 Å². The summed E-state index contributed by atoms with van der Waals surface area (Å²) in [6.07, 6.45) is 3.15. The maximum absolute atomic E-state index is 13.0. The van der Waals surface area contributed by atoms with Gasteiger partial charge in [-0.2, -0.15) is 0 Å². The van der Waals surface area contributed by atoms with E-state index < -0.39 is 0 Å². The third-order valence-electron chi connectivity index (χ3n) is 4.95. The molecule has 0 spiro atoms. The number of hydrogen-bond donors (Lipinski definition) is 1. The number of hydrogen-bond acceptors (Lipinski definition) is 3. The zero-order valence-electron chi connectivity index (χ0n) is 14.5. The Kier molecular flexibility index (Phi) is 3.96. The molecule has 1 amide bonds. The van der Waals surface area contributed by atoms with Crippen molar-refractivity contribution in [3.63, 3.8) is 0 Å². The van der Waals surface area contributed by atoms with Crippen molar-refractivity contribution in [1.29, 1.82) is 0 Å². The molecule has 0 saturated carbocycles. The van der Waals surface area contributed by atoms with Gasteiger partial charge in [-0.05, 0) is 50.3 Å². The number of para-hydroxylation sites is 1. The number of nitrogens with zero attached hydrogens (tertiary/aromatic N) is 2. The molecule has 1 N–H and O–H groups in total. The van der Waals surface area contributed by atoms with E-state index in [0.29, 0.717) is 11.4 Å². The Morgan fingerprint density at radius 2 is 1.92 bits per heavy atom. The van der Waals surface area contributed by atoms with Crippen molar-refractivity contribution in [3.8, 4) is 0 Å². The molecule has 2 aromatic carbocycles. The topological polar surface area (TPSA) is 54.9 Å². The number of rotatable bonds is 2. The Balaban J connectivity index is 1.70. The number of benzene rings is 2. The Labute approximate surface area is 147 Å². The molecule has 0 saturated heterocycles. The molecule has 0 radical (unpaired) electrons. The van der Waals surface area contributed by atoms with Gasteiger partial charge in [-0.25, -0.2) is 9.97 Å². The number of aryl methyl sites for hydroxylation is 3. The van der Waals surface area contributed by atoms with E-state index >= 15 is 0 Å². The first kappa shape index (κ1) is 15.8. The summed E-state index contributed by atoms with van der Waals surface area (Å²) in [5.41, 5.74) is 4.83. The van der Waals surface area contributed by atoms with Gasteiger partial charge in [0.15, 0.2) is 0 Å². The predicted molar refractivity (Wildman–Crippen MR) is 98.6 cm³/mol. The SMILES string of the molecule is Cc1nc(C)c2cccc(C(=O)NC3CCCc4ccccc43)c2n1. The van der Waals surface area contributed by atoms with Gasteiger partial charge >= 0.3 is 0 Å². The van der Waals surface area contributed by atoms with Crippen LogP contribution >= 0.6 is 0 Å². The van der Waals surface area contributed by atoms with Gasteiger partial charge in [-0.3, -0.25) is 4.79 Å². The second-order valence-corrected chi connectivity index (χ2v) is 6.68. The van der Waals surface area contributed by atoms with E-state index in [0.717, 1.165) is 35.9 Å². The Hall–Kier alpha value is -2.75. The zero-order valence-corrected chi connectivity index (χ0v) is 14.5. The second kappa shape index (κ2) is 6.28. The van der Waals surface area contributed by atoms with Crippen molar-refractivity contribution in [2.75, 3.05) is 0 Å². The summed E-state index contributed by atoms with van der Waals surface area (Å²) in [6.45, 7) is 3.81. The smallest absolute Gasteiger partial charge is 0.253 e. The van der Waals surface area contributed by atoms with Crippen LogP contribution in [0.1, 0.15) is 51.9 Å². The molecule has 4 nitrogen and oxygen atoms in total. The van der Waals surface area contributed by atoms with Gasteiger partial charge in [0, 0.05) is 11.1 Å². The van der Waals surface area contributed by atoms with E-state index in [1.807, 2.05) is 38.1 Å². The molecule has 1 aromatic heterocycles. The summed E-state index contributed by atoms with van der Waals surface area (Å²) >= 11 is 0.